The van der Waals surface area contributed by atoms with Crippen LogP contribution in [0.3, 0.4) is 0 Å². The minimum Gasteiger partial charge on any atom is -0.461 e. The van der Waals surface area contributed by atoms with Crippen molar-refractivity contribution in [2.24, 2.45) is 0 Å². The summed E-state index contributed by atoms with van der Waals surface area (Å²) in [7, 11) is 1.50. The van der Waals surface area contributed by atoms with Crippen molar-refractivity contribution < 1.29 is 14.4 Å². The van der Waals surface area contributed by atoms with Crippen LogP contribution in [0.15, 0.2) is 30.3 Å². The topological polar surface area (TPSA) is 47.6 Å². The largest absolute Gasteiger partial charge is 0.461 e. The average Bonchev–Trinajstić information content (AvgIpc) is 2.41. The highest BCUT2D eigenvalue weighted by molar-refractivity contribution is 5.69. The van der Waals surface area contributed by atoms with Gasteiger partial charge in [-0.25, -0.2) is 5.48 Å². The molecule has 0 bridgehead atoms. The summed E-state index contributed by atoms with van der Waals surface area (Å²) in [6, 6.07) is 12.2. The fourth-order valence-corrected chi connectivity index (χ4v) is 1.28. The summed E-state index contributed by atoms with van der Waals surface area (Å²) < 4.78 is 5.13. The third-order valence-electron chi connectivity index (χ3n) is 2.17. The predicted octanol–water partition coefficient (Wildman–Crippen LogP) is 2.01. The monoisotopic (exact) mass is 247 g/mol. The summed E-state index contributed by atoms with van der Waals surface area (Å²) in [5, 5.41) is 0. The number of carbonyl (C=O) groups excluding carboxylic acids is 1. The molecular weight excluding hydrogens is 230 g/mol. The molecule has 0 unspecified atom stereocenters. The Morgan fingerprint density at radius 2 is 2.11 bits per heavy atom. The number of rotatable bonds is 6. The standard InChI is InChI=1S/C14H17NO3/c1-17-15-11-7-3-6-10-14(16)18-12-13-8-4-2-5-9-13/h2,4-5,8-9,15H,3,6,10,12H2,1H3. The van der Waals surface area contributed by atoms with Crippen LogP contribution in [-0.2, 0) is 21.0 Å². The van der Waals surface area contributed by atoms with Crippen LogP contribution >= 0.6 is 0 Å². The van der Waals surface area contributed by atoms with Crippen LogP contribution in [0.5, 0.6) is 0 Å². The Balaban J connectivity index is 2.10. The molecule has 1 aromatic carbocycles. The third kappa shape index (κ3) is 6.56. The van der Waals surface area contributed by atoms with Crippen molar-refractivity contribution in [3.63, 3.8) is 0 Å². The van der Waals surface area contributed by atoms with Crippen molar-refractivity contribution in [3.8, 4) is 12.0 Å². The first-order valence-electron chi connectivity index (χ1n) is 5.78. The summed E-state index contributed by atoms with van der Waals surface area (Å²) in [6.45, 7) is 0.330. The van der Waals surface area contributed by atoms with Crippen molar-refractivity contribution in [1.82, 2.24) is 5.48 Å². The molecule has 0 saturated carbocycles. The van der Waals surface area contributed by atoms with E-state index in [1.807, 2.05) is 30.3 Å². The van der Waals surface area contributed by atoms with E-state index in [1.54, 1.807) is 0 Å². The lowest BCUT2D eigenvalue weighted by Gasteiger charge is -2.03. The van der Waals surface area contributed by atoms with E-state index in [1.165, 1.54) is 7.11 Å². The van der Waals surface area contributed by atoms with Gasteiger partial charge in [0.25, 0.3) is 0 Å². The Bertz CT molecular complexity index is 406. The molecule has 0 saturated heterocycles. The number of hydrogen-bond donors (Lipinski definition) is 1. The van der Waals surface area contributed by atoms with Gasteiger partial charge in [0.05, 0.1) is 7.11 Å². The third-order valence-corrected chi connectivity index (χ3v) is 2.17. The molecule has 1 aromatic rings. The fourth-order valence-electron chi connectivity index (χ4n) is 1.28. The zero-order valence-corrected chi connectivity index (χ0v) is 10.4. The predicted molar refractivity (Wildman–Crippen MR) is 68.0 cm³/mol. The highest BCUT2D eigenvalue weighted by Crippen LogP contribution is 2.03. The average molecular weight is 247 g/mol. The summed E-state index contributed by atoms with van der Waals surface area (Å²) in [6.07, 6.45) is 1.71. The van der Waals surface area contributed by atoms with Gasteiger partial charge >= 0.3 is 5.97 Å². The van der Waals surface area contributed by atoms with E-state index in [0.717, 1.165) is 5.56 Å². The van der Waals surface area contributed by atoms with Gasteiger partial charge in [0.1, 0.15) is 6.61 Å². The number of hydroxylamine groups is 1. The van der Waals surface area contributed by atoms with Crippen LogP contribution in [0.25, 0.3) is 0 Å². The van der Waals surface area contributed by atoms with E-state index in [-0.39, 0.29) is 5.97 Å². The van der Waals surface area contributed by atoms with Crippen molar-refractivity contribution in [2.75, 3.05) is 7.11 Å². The number of carbonyl (C=O) groups is 1. The van der Waals surface area contributed by atoms with Crippen LogP contribution in [0.2, 0.25) is 0 Å². The number of ether oxygens (including phenoxy) is 1. The Labute approximate surface area is 107 Å². The van der Waals surface area contributed by atoms with Crippen molar-refractivity contribution in [2.45, 2.75) is 25.9 Å². The summed E-state index contributed by atoms with van der Waals surface area (Å²) in [5.41, 5.74) is 3.40. The maximum Gasteiger partial charge on any atom is 0.306 e. The molecule has 1 rings (SSSR count). The number of benzene rings is 1. The van der Waals surface area contributed by atoms with Gasteiger partial charge in [-0.15, -0.1) is 0 Å². The Morgan fingerprint density at radius 3 is 2.83 bits per heavy atom. The second-order valence-corrected chi connectivity index (χ2v) is 3.61. The Kier molecular flexibility index (Phi) is 7.10. The Morgan fingerprint density at radius 1 is 1.33 bits per heavy atom. The van der Waals surface area contributed by atoms with Crippen LogP contribution in [0, 0.1) is 12.0 Å². The quantitative estimate of drug-likeness (QED) is 0.275. The first-order valence-corrected chi connectivity index (χ1v) is 5.78. The maximum atomic E-state index is 11.4. The molecule has 4 nitrogen and oxygen atoms in total. The molecule has 4 heteroatoms. The second kappa shape index (κ2) is 9.08. The molecule has 96 valence electrons. The molecule has 0 amide bonds. The number of hydrogen-bond acceptors (Lipinski definition) is 4. The lowest BCUT2D eigenvalue weighted by atomic mass is 10.2. The Hall–Kier alpha value is -1.99. The zero-order chi connectivity index (χ0) is 13.1. The van der Waals surface area contributed by atoms with Gasteiger partial charge in [-0.3, -0.25) is 9.63 Å². The maximum absolute atomic E-state index is 11.4. The lowest BCUT2D eigenvalue weighted by Crippen LogP contribution is -2.04. The molecule has 18 heavy (non-hydrogen) atoms. The molecule has 0 heterocycles. The van der Waals surface area contributed by atoms with Crippen LogP contribution < -0.4 is 5.48 Å². The number of nitrogens with one attached hydrogen (secondary N) is 1. The smallest absolute Gasteiger partial charge is 0.306 e. The number of unbranched alkanes of at least 4 members (excludes halogenated alkanes) is 1. The summed E-state index contributed by atoms with van der Waals surface area (Å²) >= 11 is 0. The first-order chi connectivity index (χ1) is 8.83. The minimum atomic E-state index is -0.194. The lowest BCUT2D eigenvalue weighted by molar-refractivity contribution is -0.145. The molecule has 0 fully saturated rings. The molecule has 0 aromatic heterocycles. The normalized spacial score (nSPS) is 9.17. The van der Waals surface area contributed by atoms with Gasteiger partial charge < -0.3 is 4.74 Å². The molecule has 0 radical (unpaired) electrons. The van der Waals surface area contributed by atoms with Gasteiger partial charge in [0.15, 0.2) is 0 Å². The van der Waals surface area contributed by atoms with E-state index in [9.17, 15) is 4.79 Å². The molecule has 0 atom stereocenters. The SMILES string of the molecule is CONC#CCCCC(=O)OCc1ccccc1. The van der Waals surface area contributed by atoms with Crippen LogP contribution in [0.4, 0.5) is 0 Å². The second-order valence-electron chi connectivity index (χ2n) is 3.61. The number of esters is 1. The summed E-state index contributed by atoms with van der Waals surface area (Å²) in [5.74, 6) is 2.63. The van der Waals surface area contributed by atoms with Crippen molar-refractivity contribution in [1.29, 1.82) is 0 Å². The van der Waals surface area contributed by atoms with Crippen LogP contribution in [0.1, 0.15) is 24.8 Å². The van der Waals surface area contributed by atoms with Crippen molar-refractivity contribution >= 4 is 5.97 Å². The van der Waals surface area contributed by atoms with E-state index in [4.69, 9.17) is 4.74 Å². The van der Waals surface area contributed by atoms with E-state index < -0.39 is 0 Å². The van der Waals surface area contributed by atoms with E-state index >= 15 is 0 Å². The highest BCUT2D eigenvalue weighted by atomic mass is 16.6. The molecule has 1 N–H and O–H groups in total. The zero-order valence-electron chi connectivity index (χ0n) is 10.4. The fraction of sp³-hybridized carbons (Fsp3) is 0.357. The van der Waals surface area contributed by atoms with E-state index in [2.05, 4.69) is 22.3 Å². The van der Waals surface area contributed by atoms with Crippen molar-refractivity contribution in [3.05, 3.63) is 35.9 Å². The highest BCUT2D eigenvalue weighted by Gasteiger charge is 2.02. The summed E-state index contributed by atoms with van der Waals surface area (Å²) in [4.78, 5) is 15.9. The van der Waals surface area contributed by atoms with Gasteiger partial charge in [-0.05, 0) is 12.0 Å². The van der Waals surface area contributed by atoms with Gasteiger partial charge in [0, 0.05) is 18.9 Å². The molecule has 0 aliphatic carbocycles. The molecule has 0 spiro atoms. The first kappa shape index (κ1) is 14.1. The van der Waals surface area contributed by atoms with Gasteiger partial charge in [-0.2, -0.15) is 0 Å². The molecular formula is C14H17NO3. The molecule has 0 aliphatic heterocycles. The van der Waals surface area contributed by atoms with E-state index in [0.29, 0.717) is 25.9 Å². The van der Waals surface area contributed by atoms with Gasteiger partial charge in [0.2, 0.25) is 0 Å². The minimum absolute atomic E-state index is 0.194. The van der Waals surface area contributed by atoms with Crippen LogP contribution in [-0.4, -0.2) is 13.1 Å². The molecule has 0 aliphatic rings. The van der Waals surface area contributed by atoms with Gasteiger partial charge in [-0.1, -0.05) is 36.3 Å².